The van der Waals surface area contributed by atoms with Crippen molar-refractivity contribution < 1.29 is 28.9 Å². The van der Waals surface area contributed by atoms with Gasteiger partial charge in [-0.25, -0.2) is 10.7 Å². The number of methoxy groups -OCH3 is 3. The van der Waals surface area contributed by atoms with E-state index in [0.29, 0.717) is 36.1 Å². The first kappa shape index (κ1) is 33.3. The molecule has 0 atom stereocenters. The number of ether oxygens (including phenoxy) is 5. The number of nitrogens with zero attached hydrogens (tertiary/aromatic N) is 2. The van der Waals surface area contributed by atoms with Gasteiger partial charge in [-0.1, -0.05) is 6.07 Å². The summed E-state index contributed by atoms with van der Waals surface area (Å²) in [4.78, 5) is 3.30. The van der Waals surface area contributed by atoms with Crippen LogP contribution in [0.3, 0.4) is 0 Å². The molecule has 0 unspecified atom stereocenters. The summed E-state index contributed by atoms with van der Waals surface area (Å²) in [5, 5.41) is 13.8. The molecule has 2 aromatic carbocycles. The number of halogens is 1. The van der Waals surface area contributed by atoms with Crippen LogP contribution < -0.4 is 29.6 Å². The van der Waals surface area contributed by atoms with Gasteiger partial charge in [0.2, 0.25) is 0 Å². The van der Waals surface area contributed by atoms with Crippen molar-refractivity contribution >= 4 is 18.1 Å². The zero-order chi connectivity index (χ0) is 24.1. The zero-order valence-corrected chi connectivity index (χ0v) is 20.1. The van der Waals surface area contributed by atoms with E-state index in [2.05, 4.69) is 10.7 Å². The quantitative estimate of drug-likeness (QED) is 0.427. The second kappa shape index (κ2) is 22.3. The Hall–Kier alpha value is -3.37. The smallest absolute Gasteiger partial charge is 0.191 e. The predicted octanol–water partition coefficient (Wildman–Crippen LogP) is 5.03. The van der Waals surface area contributed by atoms with Crippen molar-refractivity contribution in [1.29, 1.82) is 5.26 Å². The Balaban J connectivity index is -0.000000427. The van der Waals surface area contributed by atoms with Crippen molar-refractivity contribution in [2.24, 2.45) is 5.90 Å². The van der Waals surface area contributed by atoms with Gasteiger partial charge in [-0.2, -0.15) is 5.26 Å². The second-order valence-corrected chi connectivity index (χ2v) is 5.05. The summed E-state index contributed by atoms with van der Waals surface area (Å²) in [6.07, 6.45) is 0. The van der Waals surface area contributed by atoms with E-state index in [1.165, 1.54) is 6.92 Å². The first-order valence-corrected chi connectivity index (χ1v) is 9.14. The summed E-state index contributed by atoms with van der Waals surface area (Å²) < 4.78 is 25.9. The van der Waals surface area contributed by atoms with Crippen LogP contribution in [0.2, 0.25) is 0 Å². The number of hydrogen-bond donors (Lipinski definition) is 2. The van der Waals surface area contributed by atoms with Crippen molar-refractivity contribution in [3.8, 4) is 34.8 Å². The van der Waals surface area contributed by atoms with Crippen LogP contribution in [0.4, 0.5) is 5.69 Å². The lowest BCUT2D eigenvalue weighted by atomic mass is 10.3. The molecule has 0 aliphatic carbocycles. The fourth-order valence-corrected chi connectivity index (χ4v) is 2.06. The average molecular weight is 470 g/mol. The Morgan fingerprint density at radius 3 is 1.69 bits per heavy atom. The molecule has 9 nitrogen and oxygen atoms in total. The molecule has 0 aliphatic heterocycles. The van der Waals surface area contributed by atoms with Crippen LogP contribution in [-0.2, 0) is 0 Å². The lowest BCUT2D eigenvalue weighted by Gasteiger charge is -2.10. The standard InChI is InChI=1S/C10H11NO2.C10H14O3.C2H3N.ClH.H3NO/c2*1-4-13-10-7-8(11-2)5-6-9(10)12-3;1-2-3;;1-2/h5-7H,4H2,1,3H3;5-7H,4H2,1-3H3;1H3;1H;2H,1H2. The zero-order valence-electron chi connectivity index (χ0n) is 19.2. The van der Waals surface area contributed by atoms with Crippen LogP contribution in [0.25, 0.3) is 4.85 Å². The molecule has 0 saturated carbocycles. The molecule has 0 aromatic heterocycles. The summed E-state index contributed by atoms with van der Waals surface area (Å²) in [7, 11) is 4.82. The minimum Gasteiger partial charge on any atom is -0.497 e. The maximum Gasteiger partial charge on any atom is 0.191 e. The highest BCUT2D eigenvalue weighted by Gasteiger charge is 2.05. The molecule has 0 saturated heterocycles. The summed E-state index contributed by atoms with van der Waals surface area (Å²) in [5.74, 6) is 6.99. The second-order valence-electron chi connectivity index (χ2n) is 5.05. The Bertz CT molecular complexity index is 822. The fraction of sp³-hybridized carbons (Fsp3) is 0.364. The molecular formula is C22H32ClN3O6. The largest absolute Gasteiger partial charge is 0.497 e. The summed E-state index contributed by atoms with van der Waals surface area (Å²) in [6, 6.07) is 12.3. The van der Waals surface area contributed by atoms with Crippen LogP contribution >= 0.6 is 12.4 Å². The van der Waals surface area contributed by atoms with E-state index >= 15 is 0 Å². The molecule has 10 heteroatoms. The molecule has 0 bridgehead atoms. The molecular weight excluding hydrogens is 438 g/mol. The van der Waals surface area contributed by atoms with Crippen LogP contribution in [0, 0.1) is 17.9 Å². The van der Waals surface area contributed by atoms with Crippen LogP contribution in [-0.4, -0.2) is 39.8 Å². The Kier molecular flexibility index (Phi) is 23.2. The summed E-state index contributed by atoms with van der Waals surface area (Å²) >= 11 is 0. The van der Waals surface area contributed by atoms with Gasteiger partial charge in [0.1, 0.15) is 5.75 Å². The van der Waals surface area contributed by atoms with E-state index in [4.69, 9.17) is 40.7 Å². The van der Waals surface area contributed by atoms with Gasteiger partial charge in [0.05, 0.1) is 47.2 Å². The van der Waals surface area contributed by atoms with Gasteiger partial charge in [-0.15, -0.1) is 12.4 Å². The Labute approximate surface area is 196 Å². The molecule has 2 rings (SSSR count). The first-order valence-electron chi connectivity index (χ1n) is 9.14. The molecule has 32 heavy (non-hydrogen) atoms. The molecule has 3 N–H and O–H groups in total. The van der Waals surface area contributed by atoms with Crippen molar-refractivity contribution in [1.82, 2.24) is 0 Å². The van der Waals surface area contributed by atoms with Crippen LogP contribution in [0.1, 0.15) is 20.8 Å². The number of hydrogen-bond acceptors (Lipinski definition) is 8. The number of nitriles is 1. The monoisotopic (exact) mass is 469 g/mol. The highest BCUT2D eigenvalue weighted by atomic mass is 35.5. The highest BCUT2D eigenvalue weighted by Crippen LogP contribution is 2.31. The van der Waals surface area contributed by atoms with Crippen molar-refractivity contribution in [3.05, 3.63) is 47.8 Å². The highest BCUT2D eigenvalue weighted by molar-refractivity contribution is 5.85. The normalized spacial score (nSPS) is 7.94. The maximum atomic E-state index is 7.32. The van der Waals surface area contributed by atoms with Gasteiger partial charge < -0.3 is 28.9 Å². The van der Waals surface area contributed by atoms with Gasteiger partial charge in [0, 0.05) is 13.0 Å². The maximum absolute atomic E-state index is 7.32. The van der Waals surface area contributed by atoms with Gasteiger partial charge in [0.25, 0.3) is 0 Å². The minimum atomic E-state index is 0. The van der Waals surface area contributed by atoms with Crippen LogP contribution in [0.5, 0.6) is 28.7 Å². The van der Waals surface area contributed by atoms with Gasteiger partial charge in [-0.05, 0) is 38.1 Å². The van der Waals surface area contributed by atoms with E-state index in [1.54, 1.807) is 45.6 Å². The molecule has 2 aromatic rings. The van der Waals surface area contributed by atoms with Crippen molar-refractivity contribution in [2.75, 3.05) is 34.5 Å². The fourth-order valence-electron chi connectivity index (χ4n) is 2.06. The average Bonchev–Trinajstić information content (AvgIpc) is 2.81. The summed E-state index contributed by atoms with van der Waals surface area (Å²) in [5.41, 5.74) is 0.559. The Morgan fingerprint density at radius 1 is 0.875 bits per heavy atom. The molecule has 0 heterocycles. The molecule has 0 aliphatic rings. The topological polar surface area (TPSA) is 121 Å². The number of rotatable bonds is 7. The van der Waals surface area contributed by atoms with Gasteiger partial charge in [0.15, 0.2) is 28.7 Å². The lowest BCUT2D eigenvalue weighted by molar-refractivity contribution is 0.307. The van der Waals surface area contributed by atoms with Crippen LogP contribution in [0.15, 0.2) is 36.4 Å². The lowest BCUT2D eigenvalue weighted by Crippen LogP contribution is -1.95. The van der Waals surface area contributed by atoms with E-state index in [0.717, 1.165) is 11.5 Å². The van der Waals surface area contributed by atoms with Crippen molar-refractivity contribution in [3.63, 3.8) is 0 Å². The minimum absolute atomic E-state index is 0. The van der Waals surface area contributed by atoms with E-state index in [-0.39, 0.29) is 12.4 Å². The molecule has 0 radical (unpaired) electrons. The number of benzene rings is 2. The molecule has 0 spiro atoms. The summed E-state index contributed by atoms with van der Waals surface area (Å²) in [6.45, 7) is 13.3. The van der Waals surface area contributed by atoms with Crippen molar-refractivity contribution in [2.45, 2.75) is 20.8 Å². The SMILES string of the molecule is CC#N.CCOc1cc(OC)ccc1OC.Cl.NO.[C-]#[N+]c1ccc(OC)c(OCC)c1. The first-order chi connectivity index (χ1) is 15.0. The third-order valence-corrected chi connectivity index (χ3v) is 3.25. The third kappa shape index (κ3) is 13.0. The van der Waals surface area contributed by atoms with Gasteiger partial charge >= 0.3 is 0 Å². The van der Waals surface area contributed by atoms with E-state index < -0.39 is 0 Å². The molecule has 0 amide bonds. The molecule has 0 fully saturated rings. The third-order valence-electron chi connectivity index (χ3n) is 3.25. The van der Waals surface area contributed by atoms with Gasteiger partial charge in [-0.3, -0.25) is 0 Å². The predicted molar refractivity (Wildman–Crippen MR) is 126 cm³/mol. The van der Waals surface area contributed by atoms with E-state index in [1.807, 2.05) is 32.0 Å². The number of nitrogens with two attached hydrogens (primary N) is 1. The van der Waals surface area contributed by atoms with E-state index in [9.17, 15) is 0 Å². The Morgan fingerprint density at radius 2 is 1.31 bits per heavy atom. The molecule has 178 valence electrons.